The molecule has 2 aromatic carbocycles. The highest BCUT2D eigenvalue weighted by atomic mass is 16.6. The molecular formula is C30H35N5O4. The Morgan fingerprint density at radius 2 is 1.82 bits per heavy atom. The molecule has 9 nitrogen and oxygen atoms in total. The minimum absolute atomic E-state index is 0.211. The fourth-order valence-corrected chi connectivity index (χ4v) is 4.53. The van der Waals surface area contributed by atoms with Crippen molar-refractivity contribution in [3.05, 3.63) is 71.9 Å². The number of aryl methyl sites for hydroxylation is 1. The van der Waals surface area contributed by atoms with Gasteiger partial charge in [0.25, 0.3) is 0 Å². The molecule has 39 heavy (non-hydrogen) atoms. The Balaban J connectivity index is 1.45. The van der Waals surface area contributed by atoms with Gasteiger partial charge in [-0.15, -0.1) is 5.10 Å². The summed E-state index contributed by atoms with van der Waals surface area (Å²) in [5.74, 6) is 1.28. The first-order valence-electron chi connectivity index (χ1n) is 13.2. The number of pyridine rings is 1. The summed E-state index contributed by atoms with van der Waals surface area (Å²) in [5, 5.41) is 9.17. The van der Waals surface area contributed by atoms with Gasteiger partial charge < -0.3 is 24.4 Å². The lowest BCUT2D eigenvalue weighted by atomic mass is 10.2. The summed E-state index contributed by atoms with van der Waals surface area (Å²) >= 11 is 0. The van der Waals surface area contributed by atoms with Crippen LogP contribution in [-0.4, -0.2) is 57.7 Å². The zero-order valence-electron chi connectivity index (χ0n) is 23.1. The third-order valence-corrected chi connectivity index (χ3v) is 6.50. The fraction of sp³-hybridized carbons (Fsp3) is 0.367. The second kappa shape index (κ2) is 10.8. The molecule has 3 heterocycles. The predicted molar refractivity (Wildman–Crippen MR) is 151 cm³/mol. The molecule has 1 atom stereocenters. The number of aromatic nitrogens is 3. The number of rotatable bonds is 7. The van der Waals surface area contributed by atoms with E-state index in [1.54, 1.807) is 18.2 Å². The van der Waals surface area contributed by atoms with Crippen LogP contribution in [0.4, 0.5) is 16.2 Å². The smallest absolute Gasteiger partial charge is 0.410 e. The summed E-state index contributed by atoms with van der Waals surface area (Å²) < 4.78 is 19.2. The molecule has 4 aromatic rings. The number of benzene rings is 2. The number of amides is 1. The number of fused-ring (bicyclic) bond motifs is 1. The first-order chi connectivity index (χ1) is 18.7. The van der Waals surface area contributed by atoms with Gasteiger partial charge in [0.15, 0.2) is 5.65 Å². The number of ether oxygens (including phenoxy) is 3. The number of hydrogen-bond donors (Lipinski definition) is 1. The van der Waals surface area contributed by atoms with Gasteiger partial charge in [0.05, 0.1) is 25.9 Å². The summed E-state index contributed by atoms with van der Waals surface area (Å²) in [6, 6.07) is 18.0. The van der Waals surface area contributed by atoms with Crippen molar-refractivity contribution in [2.24, 2.45) is 0 Å². The van der Waals surface area contributed by atoms with E-state index in [-0.39, 0.29) is 12.2 Å². The van der Waals surface area contributed by atoms with Gasteiger partial charge in [0.2, 0.25) is 5.88 Å². The molecule has 9 heteroatoms. The van der Waals surface area contributed by atoms with Crippen molar-refractivity contribution in [3.8, 4) is 11.6 Å². The molecule has 1 saturated heterocycles. The molecule has 1 N–H and O–H groups in total. The molecule has 0 saturated carbocycles. The van der Waals surface area contributed by atoms with E-state index in [2.05, 4.69) is 29.4 Å². The number of hydrogen-bond acceptors (Lipinski definition) is 7. The number of nitrogens with zero attached hydrogens (tertiary/aromatic N) is 4. The highest BCUT2D eigenvalue weighted by Gasteiger charge is 2.32. The van der Waals surface area contributed by atoms with Crippen molar-refractivity contribution < 1.29 is 19.0 Å². The summed E-state index contributed by atoms with van der Waals surface area (Å²) in [4.78, 5) is 19.0. The fourth-order valence-electron chi connectivity index (χ4n) is 4.53. The van der Waals surface area contributed by atoms with Gasteiger partial charge >= 0.3 is 6.09 Å². The van der Waals surface area contributed by atoms with Crippen molar-refractivity contribution in [1.29, 1.82) is 0 Å². The standard InChI is InChI=1S/C30H35N5O4/c1-20-6-10-22(11-7-20)32-25-14-16-31-27-26(25)28(33-35(27)18-21-8-12-23(37-5)13-9-21)38-24-15-17-34(19-24)29(36)39-30(2,3)4/h6-14,16,24H,15,17-19H2,1-5H3,(H,31,32)/t24-/m1/s1. The van der Waals surface area contributed by atoms with Gasteiger partial charge in [-0.2, -0.15) is 0 Å². The van der Waals surface area contributed by atoms with E-state index in [9.17, 15) is 4.79 Å². The number of likely N-dealkylation sites (tertiary alicyclic amines) is 1. The number of nitrogens with one attached hydrogen (secondary N) is 1. The molecule has 0 aliphatic carbocycles. The maximum Gasteiger partial charge on any atom is 0.410 e. The zero-order valence-corrected chi connectivity index (χ0v) is 23.1. The summed E-state index contributed by atoms with van der Waals surface area (Å²) in [6.07, 6.45) is 1.92. The molecule has 0 bridgehead atoms. The molecule has 0 radical (unpaired) electrons. The average Bonchev–Trinajstić information content (AvgIpc) is 3.51. The molecule has 1 aliphatic heterocycles. The van der Waals surface area contributed by atoms with Crippen molar-refractivity contribution in [1.82, 2.24) is 19.7 Å². The van der Waals surface area contributed by atoms with E-state index in [4.69, 9.17) is 19.3 Å². The summed E-state index contributed by atoms with van der Waals surface area (Å²) in [7, 11) is 1.65. The Hall–Kier alpha value is -4.27. The van der Waals surface area contributed by atoms with Crippen molar-refractivity contribution in [2.45, 2.75) is 52.4 Å². The number of anilines is 2. The molecule has 1 amide bonds. The summed E-state index contributed by atoms with van der Waals surface area (Å²) in [6.45, 7) is 9.18. The largest absolute Gasteiger partial charge is 0.497 e. The second-order valence-electron chi connectivity index (χ2n) is 10.8. The molecule has 2 aromatic heterocycles. The highest BCUT2D eigenvalue weighted by molar-refractivity contribution is 5.95. The van der Waals surface area contributed by atoms with Gasteiger partial charge in [-0.3, -0.25) is 0 Å². The van der Waals surface area contributed by atoms with Crippen LogP contribution in [0.3, 0.4) is 0 Å². The highest BCUT2D eigenvalue weighted by Crippen LogP contribution is 2.34. The zero-order chi connectivity index (χ0) is 27.6. The van der Waals surface area contributed by atoms with Crippen molar-refractivity contribution in [3.63, 3.8) is 0 Å². The number of methoxy groups -OCH3 is 1. The first kappa shape index (κ1) is 26.3. The normalized spacial score (nSPS) is 15.4. The lowest BCUT2D eigenvalue weighted by Crippen LogP contribution is -2.36. The maximum atomic E-state index is 12.6. The van der Waals surface area contributed by atoms with Crippen molar-refractivity contribution in [2.75, 3.05) is 25.5 Å². The first-order valence-corrected chi connectivity index (χ1v) is 13.2. The number of carbonyl (C=O) groups is 1. The lowest BCUT2D eigenvalue weighted by Gasteiger charge is -2.24. The molecule has 0 unspecified atom stereocenters. The minimum Gasteiger partial charge on any atom is -0.497 e. The van der Waals surface area contributed by atoms with Crippen LogP contribution in [0.15, 0.2) is 60.8 Å². The second-order valence-corrected chi connectivity index (χ2v) is 10.8. The SMILES string of the molecule is COc1ccc(Cn2nc(O[C@@H]3CCN(C(=O)OC(C)(C)C)C3)c3c(Nc4ccc(C)cc4)ccnc32)cc1. The molecular weight excluding hydrogens is 494 g/mol. The van der Waals surface area contributed by atoms with Crippen LogP contribution >= 0.6 is 0 Å². The van der Waals surface area contributed by atoms with Crippen LogP contribution in [0, 0.1) is 6.92 Å². The Kier molecular flexibility index (Phi) is 7.32. The topological polar surface area (TPSA) is 90.7 Å². The molecule has 5 rings (SSSR count). The maximum absolute atomic E-state index is 12.6. The molecule has 0 spiro atoms. The van der Waals surface area contributed by atoms with Crippen LogP contribution in [0.2, 0.25) is 0 Å². The quantitative estimate of drug-likeness (QED) is 0.317. The van der Waals surface area contributed by atoms with Crippen LogP contribution in [0.1, 0.15) is 38.3 Å². The Morgan fingerprint density at radius 3 is 2.51 bits per heavy atom. The van der Waals surface area contributed by atoms with E-state index >= 15 is 0 Å². The van der Waals surface area contributed by atoms with Crippen LogP contribution in [0.5, 0.6) is 11.6 Å². The average molecular weight is 530 g/mol. The van der Waals surface area contributed by atoms with Crippen LogP contribution in [0.25, 0.3) is 11.0 Å². The Morgan fingerprint density at radius 1 is 1.08 bits per heavy atom. The summed E-state index contributed by atoms with van der Waals surface area (Å²) in [5.41, 5.74) is 4.21. The van der Waals surface area contributed by atoms with Gasteiger partial charge in [-0.25, -0.2) is 14.5 Å². The van der Waals surface area contributed by atoms with Gasteiger partial charge in [0, 0.05) is 24.8 Å². The van der Waals surface area contributed by atoms with E-state index in [0.717, 1.165) is 28.1 Å². The minimum atomic E-state index is -0.547. The predicted octanol–water partition coefficient (Wildman–Crippen LogP) is 5.93. The third kappa shape index (κ3) is 6.25. The molecule has 1 aliphatic rings. The van der Waals surface area contributed by atoms with E-state index in [1.807, 2.05) is 67.9 Å². The van der Waals surface area contributed by atoms with E-state index in [0.29, 0.717) is 37.6 Å². The third-order valence-electron chi connectivity index (χ3n) is 6.50. The van der Waals surface area contributed by atoms with E-state index in [1.165, 1.54) is 5.56 Å². The van der Waals surface area contributed by atoms with Crippen molar-refractivity contribution >= 4 is 28.5 Å². The van der Waals surface area contributed by atoms with Crippen LogP contribution in [-0.2, 0) is 11.3 Å². The monoisotopic (exact) mass is 529 g/mol. The Labute approximate surface area is 228 Å². The molecule has 1 fully saturated rings. The van der Waals surface area contributed by atoms with Gasteiger partial charge in [0.1, 0.15) is 22.8 Å². The Bertz CT molecular complexity index is 1440. The van der Waals surface area contributed by atoms with E-state index < -0.39 is 5.60 Å². The molecule has 204 valence electrons. The number of carbonyl (C=O) groups excluding carboxylic acids is 1. The van der Waals surface area contributed by atoms with Gasteiger partial charge in [-0.1, -0.05) is 29.8 Å². The van der Waals surface area contributed by atoms with Crippen LogP contribution < -0.4 is 14.8 Å². The van der Waals surface area contributed by atoms with Gasteiger partial charge in [-0.05, 0) is 63.6 Å². The lowest BCUT2D eigenvalue weighted by molar-refractivity contribution is 0.0275.